The van der Waals surface area contributed by atoms with E-state index in [-0.39, 0.29) is 11.4 Å². The molecule has 0 spiro atoms. The zero-order valence-corrected chi connectivity index (χ0v) is 10.8. The highest BCUT2D eigenvalue weighted by atomic mass is 35.5. The van der Waals surface area contributed by atoms with Crippen LogP contribution in [-0.2, 0) is 0 Å². The van der Waals surface area contributed by atoms with Crippen molar-refractivity contribution >= 4 is 23.3 Å². The first-order valence-corrected chi connectivity index (χ1v) is 6.08. The second-order valence-corrected chi connectivity index (χ2v) is 5.07. The van der Waals surface area contributed by atoms with Gasteiger partial charge in [0.05, 0.1) is 10.6 Å². The highest BCUT2D eigenvalue weighted by molar-refractivity contribution is 6.33. The van der Waals surface area contributed by atoms with Gasteiger partial charge in [-0.15, -0.1) is 0 Å². The number of nitrogens with one attached hydrogen (secondary N) is 2. The summed E-state index contributed by atoms with van der Waals surface area (Å²) >= 11 is 5.99. The molecule has 1 fully saturated rings. The molecule has 5 heteroatoms. The molecule has 0 aromatic carbocycles. The molecule has 0 bridgehead atoms. The minimum atomic E-state index is -0.129. The van der Waals surface area contributed by atoms with Gasteiger partial charge in [0.15, 0.2) is 0 Å². The van der Waals surface area contributed by atoms with E-state index in [0.717, 1.165) is 12.8 Å². The maximum absolute atomic E-state index is 12.1. The molecule has 17 heavy (non-hydrogen) atoms. The van der Waals surface area contributed by atoms with E-state index in [0.29, 0.717) is 16.4 Å². The molecule has 92 valence electrons. The number of carbonyl (C=O) groups is 1. The number of nitrogens with zero attached hydrogens (tertiary/aromatic N) is 1. The van der Waals surface area contributed by atoms with Crippen LogP contribution in [0.25, 0.3) is 0 Å². The molecule has 2 N–H and O–H groups in total. The van der Waals surface area contributed by atoms with Gasteiger partial charge in [0.1, 0.15) is 5.82 Å². The summed E-state index contributed by atoms with van der Waals surface area (Å²) < 4.78 is 0. The third-order valence-corrected chi connectivity index (χ3v) is 3.53. The Morgan fingerprint density at radius 1 is 1.53 bits per heavy atom. The first-order valence-electron chi connectivity index (χ1n) is 5.70. The molecule has 1 aliphatic rings. The van der Waals surface area contributed by atoms with Crippen molar-refractivity contribution in [3.05, 3.63) is 22.8 Å². The summed E-state index contributed by atoms with van der Waals surface area (Å²) in [6.07, 6.45) is 4.72. The summed E-state index contributed by atoms with van der Waals surface area (Å²) in [5, 5.41) is 6.29. The summed E-state index contributed by atoms with van der Waals surface area (Å²) in [7, 11) is 1.76. The van der Waals surface area contributed by atoms with Crippen LogP contribution < -0.4 is 10.6 Å². The number of anilines is 1. The molecule has 0 saturated heterocycles. The second kappa shape index (κ2) is 4.53. The molecule has 1 heterocycles. The van der Waals surface area contributed by atoms with Crippen molar-refractivity contribution in [2.45, 2.75) is 31.7 Å². The minimum absolute atomic E-state index is 0.0660. The van der Waals surface area contributed by atoms with E-state index in [9.17, 15) is 4.79 Å². The van der Waals surface area contributed by atoms with Gasteiger partial charge in [0.2, 0.25) is 0 Å². The van der Waals surface area contributed by atoms with Gasteiger partial charge in [0, 0.05) is 18.8 Å². The van der Waals surface area contributed by atoms with E-state index in [1.807, 2.05) is 0 Å². The monoisotopic (exact) mass is 253 g/mol. The minimum Gasteiger partial charge on any atom is -0.373 e. The summed E-state index contributed by atoms with van der Waals surface area (Å²) in [4.78, 5) is 16.1. The van der Waals surface area contributed by atoms with Crippen LogP contribution in [-0.4, -0.2) is 23.5 Å². The van der Waals surface area contributed by atoms with Crippen LogP contribution in [0.5, 0.6) is 0 Å². The van der Waals surface area contributed by atoms with Crippen LogP contribution in [0.3, 0.4) is 0 Å². The molecule has 1 amide bonds. The van der Waals surface area contributed by atoms with Gasteiger partial charge in [-0.05, 0) is 32.3 Å². The number of hydrogen-bond donors (Lipinski definition) is 2. The Morgan fingerprint density at radius 2 is 2.24 bits per heavy atom. The van der Waals surface area contributed by atoms with Gasteiger partial charge in [-0.25, -0.2) is 4.98 Å². The van der Waals surface area contributed by atoms with Crippen molar-refractivity contribution in [2.24, 2.45) is 0 Å². The number of pyridine rings is 1. The first kappa shape index (κ1) is 12.2. The zero-order chi connectivity index (χ0) is 12.5. The molecule has 0 atom stereocenters. The Balaban J connectivity index is 2.18. The van der Waals surface area contributed by atoms with Crippen molar-refractivity contribution in [2.75, 3.05) is 12.4 Å². The zero-order valence-electron chi connectivity index (χ0n) is 10.0. The predicted octanol–water partition coefficient (Wildman–Crippen LogP) is 2.45. The standard InChI is InChI=1S/C12H16ClN3O/c1-12(4-3-5-12)16-11(17)8-6-10(14-2)15-7-9(8)13/h6-7H,3-5H2,1-2H3,(H,14,15)(H,16,17). The molecule has 0 unspecified atom stereocenters. The third kappa shape index (κ3) is 2.52. The molecule has 1 aromatic rings. The lowest BCUT2D eigenvalue weighted by molar-refractivity contribution is 0.0850. The lowest BCUT2D eigenvalue weighted by atomic mass is 9.78. The summed E-state index contributed by atoms with van der Waals surface area (Å²) in [6.45, 7) is 2.06. The van der Waals surface area contributed by atoms with Gasteiger partial charge < -0.3 is 10.6 Å². The Bertz CT molecular complexity index is 443. The Kier molecular flexibility index (Phi) is 3.24. The number of amides is 1. The average Bonchev–Trinajstić information content (AvgIpc) is 2.27. The molecular formula is C12H16ClN3O. The lowest BCUT2D eigenvalue weighted by Crippen LogP contribution is -2.51. The van der Waals surface area contributed by atoms with Gasteiger partial charge in [0.25, 0.3) is 5.91 Å². The first-order chi connectivity index (χ1) is 8.04. The fourth-order valence-corrected chi connectivity index (χ4v) is 2.11. The van der Waals surface area contributed by atoms with E-state index >= 15 is 0 Å². The largest absolute Gasteiger partial charge is 0.373 e. The van der Waals surface area contributed by atoms with Crippen molar-refractivity contribution in [3.8, 4) is 0 Å². The summed E-state index contributed by atoms with van der Waals surface area (Å²) in [5.41, 5.74) is 0.405. The van der Waals surface area contributed by atoms with Crippen LogP contribution in [0.15, 0.2) is 12.3 Å². The maximum Gasteiger partial charge on any atom is 0.253 e. The topological polar surface area (TPSA) is 54.0 Å². The maximum atomic E-state index is 12.1. The highest BCUT2D eigenvalue weighted by Gasteiger charge is 2.33. The van der Waals surface area contributed by atoms with Crippen LogP contribution in [0.2, 0.25) is 5.02 Å². The van der Waals surface area contributed by atoms with Crippen LogP contribution in [0.1, 0.15) is 36.5 Å². The molecule has 0 radical (unpaired) electrons. The quantitative estimate of drug-likeness (QED) is 0.870. The number of carbonyl (C=O) groups excluding carboxylic acids is 1. The SMILES string of the molecule is CNc1cc(C(=O)NC2(C)CCC2)c(Cl)cn1. The number of hydrogen-bond acceptors (Lipinski definition) is 3. The van der Waals surface area contributed by atoms with Crippen LogP contribution >= 0.6 is 11.6 Å². The van der Waals surface area contributed by atoms with E-state index in [1.165, 1.54) is 12.6 Å². The highest BCUT2D eigenvalue weighted by Crippen LogP contribution is 2.31. The van der Waals surface area contributed by atoms with E-state index < -0.39 is 0 Å². The molecule has 4 nitrogen and oxygen atoms in total. The van der Waals surface area contributed by atoms with Gasteiger partial charge >= 0.3 is 0 Å². The molecular weight excluding hydrogens is 238 g/mol. The molecule has 0 aliphatic heterocycles. The van der Waals surface area contributed by atoms with E-state index in [2.05, 4.69) is 22.5 Å². The van der Waals surface area contributed by atoms with Gasteiger partial charge in [-0.3, -0.25) is 4.79 Å². The van der Waals surface area contributed by atoms with Crippen LogP contribution in [0.4, 0.5) is 5.82 Å². The Hall–Kier alpha value is -1.29. The predicted molar refractivity (Wildman–Crippen MR) is 68.5 cm³/mol. The number of halogens is 1. The summed E-state index contributed by atoms with van der Waals surface area (Å²) in [6, 6.07) is 1.67. The average molecular weight is 254 g/mol. The van der Waals surface area contributed by atoms with E-state index in [1.54, 1.807) is 13.1 Å². The number of rotatable bonds is 3. The molecule has 1 aromatic heterocycles. The van der Waals surface area contributed by atoms with Crippen LogP contribution in [0, 0.1) is 0 Å². The van der Waals surface area contributed by atoms with Crippen molar-refractivity contribution in [3.63, 3.8) is 0 Å². The smallest absolute Gasteiger partial charge is 0.253 e. The second-order valence-electron chi connectivity index (χ2n) is 4.67. The van der Waals surface area contributed by atoms with Gasteiger partial charge in [-0.1, -0.05) is 11.6 Å². The number of aromatic nitrogens is 1. The Labute approximate surface area is 106 Å². The lowest BCUT2D eigenvalue weighted by Gasteiger charge is -2.39. The van der Waals surface area contributed by atoms with Gasteiger partial charge in [-0.2, -0.15) is 0 Å². The third-order valence-electron chi connectivity index (χ3n) is 3.23. The molecule has 1 saturated carbocycles. The van der Waals surface area contributed by atoms with E-state index in [4.69, 9.17) is 11.6 Å². The molecule has 1 aliphatic carbocycles. The fraction of sp³-hybridized carbons (Fsp3) is 0.500. The Morgan fingerprint density at radius 3 is 2.76 bits per heavy atom. The normalized spacial score (nSPS) is 17.1. The van der Waals surface area contributed by atoms with Crippen molar-refractivity contribution < 1.29 is 4.79 Å². The molecule has 2 rings (SSSR count). The van der Waals surface area contributed by atoms with Crippen molar-refractivity contribution in [1.29, 1.82) is 0 Å². The summed E-state index contributed by atoms with van der Waals surface area (Å²) in [5.74, 6) is 0.509. The fourth-order valence-electron chi connectivity index (χ4n) is 1.92. The van der Waals surface area contributed by atoms with Crippen molar-refractivity contribution in [1.82, 2.24) is 10.3 Å².